The lowest BCUT2D eigenvalue weighted by atomic mass is 9.86. The molecule has 1 heterocycles. The van der Waals surface area contributed by atoms with Crippen LogP contribution in [-0.4, -0.2) is 49.1 Å². The number of nitrogens with zero attached hydrogens (tertiary/aromatic N) is 2. The number of hydrogen-bond donors (Lipinski definition) is 0. The van der Waals surface area contributed by atoms with Crippen molar-refractivity contribution < 1.29 is 0 Å². The predicted octanol–water partition coefficient (Wildman–Crippen LogP) is 3.37. The molecule has 0 aromatic rings. The van der Waals surface area contributed by atoms with Gasteiger partial charge in [0.1, 0.15) is 0 Å². The zero-order chi connectivity index (χ0) is 13.0. The van der Waals surface area contributed by atoms with E-state index < -0.39 is 0 Å². The van der Waals surface area contributed by atoms with Crippen molar-refractivity contribution in [1.82, 2.24) is 9.80 Å². The Balaban J connectivity index is 1.69. The fourth-order valence-corrected chi connectivity index (χ4v) is 3.71. The van der Waals surface area contributed by atoms with Gasteiger partial charge >= 0.3 is 0 Å². The summed E-state index contributed by atoms with van der Waals surface area (Å²) < 4.78 is 0. The molecule has 1 saturated carbocycles. The summed E-state index contributed by atoms with van der Waals surface area (Å²) in [5, 5.41) is 0. The van der Waals surface area contributed by atoms with Crippen LogP contribution in [-0.2, 0) is 0 Å². The van der Waals surface area contributed by atoms with Crippen LogP contribution in [0.15, 0.2) is 0 Å². The topological polar surface area (TPSA) is 6.48 Å². The first-order valence-corrected chi connectivity index (χ1v) is 8.07. The highest BCUT2D eigenvalue weighted by atomic mass is 15.2. The summed E-state index contributed by atoms with van der Waals surface area (Å²) in [5.41, 5.74) is 0. The number of hydrogen-bond acceptors (Lipinski definition) is 2. The lowest BCUT2D eigenvalue weighted by Gasteiger charge is -2.39. The van der Waals surface area contributed by atoms with Gasteiger partial charge in [0.25, 0.3) is 0 Å². The molecule has 2 heteroatoms. The Hall–Kier alpha value is -0.0800. The normalized spacial score (nSPS) is 32.0. The minimum atomic E-state index is 0.765. The highest BCUT2D eigenvalue weighted by Gasteiger charge is 2.25. The third-order valence-corrected chi connectivity index (χ3v) is 5.42. The fraction of sp³-hybridized carbons (Fsp3) is 1.00. The largest absolute Gasteiger partial charge is 0.304 e. The van der Waals surface area contributed by atoms with Gasteiger partial charge in [0, 0.05) is 12.1 Å². The van der Waals surface area contributed by atoms with E-state index in [-0.39, 0.29) is 0 Å². The molecule has 2 fully saturated rings. The average Bonchev–Trinajstić information content (AvgIpc) is 2.40. The molecular formula is C16H32N2. The predicted molar refractivity (Wildman–Crippen MR) is 78.9 cm³/mol. The van der Waals surface area contributed by atoms with Gasteiger partial charge in [-0.25, -0.2) is 0 Å². The maximum absolute atomic E-state index is 2.65. The molecule has 18 heavy (non-hydrogen) atoms. The van der Waals surface area contributed by atoms with Crippen LogP contribution in [0.2, 0.25) is 0 Å². The standard InChI is InChI=1S/C16H32N2/c1-14-13-16(10-12-17(14)2)18(3)11-9-15-7-5-4-6-8-15/h14-16H,4-13H2,1-3H3/t14-,16-/m0/s1. The van der Waals surface area contributed by atoms with Gasteiger partial charge in [-0.15, -0.1) is 0 Å². The van der Waals surface area contributed by atoms with Crippen LogP contribution in [0.4, 0.5) is 0 Å². The molecule has 2 nitrogen and oxygen atoms in total. The molecule has 0 amide bonds. The third kappa shape index (κ3) is 3.96. The first kappa shape index (κ1) is 14.3. The van der Waals surface area contributed by atoms with Gasteiger partial charge in [0.2, 0.25) is 0 Å². The van der Waals surface area contributed by atoms with Gasteiger partial charge < -0.3 is 9.80 Å². The Bertz CT molecular complexity index is 235. The molecule has 0 radical (unpaired) electrons. The molecule has 1 aliphatic carbocycles. The van der Waals surface area contributed by atoms with Crippen molar-refractivity contribution in [3.8, 4) is 0 Å². The van der Waals surface area contributed by atoms with E-state index in [4.69, 9.17) is 0 Å². The van der Waals surface area contributed by atoms with Gasteiger partial charge in [-0.3, -0.25) is 0 Å². The average molecular weight is 252 g/mol. The van der Waals surface area contributed by atoms with Crippen LogP contribution in [0, 0.1) is 5.92 Å². The van der Waals surface area contributed by atoms with Crippen molar-refractivity contribution >= 4 is 0 Å². The van der Waals surface area contributed by atoms with Crippen molar-refractivity contribution in [1.29, 1.82) is 0 Å². The van der Waals surface area contributed by atoms with E-state index in [1.54, 1.807) is 0 Å². The second-order valence-corrected chi connectivity index (χ2v) is 6.78. The summed E-state index contributed by atoms with van der Waals surface area (Å²) in [7, 11) is 4.62. The maximum atomic E-state index is 2.65. The van der Waals surface area contributed by atoms with Gasteiger partial charge in [0.05, 0.1) is 0 Å². The van der Waals surface area contributed by atoms with E-state index in [0.717, 1.165) is 18.0 Å². The Kier molecular flexibility index (Phi) is 5.50. The minimum Gasteiger partial charge on any atom is -0.304 e. The lowest BCUT2D eigenvalue weighted by Crippen LogP contribution is -2.46. The first-order valence-electron chi connectivity index (χ1n) is 8.07. The van der Waals surface area contributed by atoms with Crippen LogP contribution < -0.4 is 0 Å². The smallest absolute Gasteiger partial charge is 0.0119 e. The zero-order valence-electron chi connectivity index (χ0n) is 12.7. The van der Waals surface area contributed by atoms with Gasteiger partial charge in [-0.05, 0) is 59.3 Å². The summed E-state index contributed by atoms with van der Waals surface area (Å²) in [5.74, 6) is 1.03. The lowest BCUT2D eigenvalue weighted by molar-refractivity contribution is 0.0992. The first-order chi connectivity index (χ1) is 8.66. The van der Waals surface area contributed by atoms with E-state index in [2.05, 4.69) is 30.8 Å². The molecule has 0 N–H and O–H groups in total. The van der Waals surface area contributed by atoms with Crippen LogP contribution >= 0.6 is 0 Å². The maximum Gasteiger partial charge on any atom is 0.0119 e. The Labute approximate surface area is 114 Å². The molecule has 0 bridgehead atoms. The summed E-state index contributed by atoms with van der Waals surface area (Å²) >= 11 is 0. The number of piperidine rings is 1. The van der Waals surface area contributed by atoms with Crippen molar-refractivity contribution in [2.24, 2.45) is 5.92 Å². The molecule has 106 valence electrons. The second-order valence-electron chi connectivity index (χ2n) is 6.78. The molecule has 2 atom stereocenters. The third-order valence-electron chi connectivity index (χ3n) is 5.42. The zero-order valence-corrected chi connectivity index (χ0v) is 12.7. The van der Waals surface area contributed by atoms with Crippen LogP contribution in [0.1, 0.15) is 58.3 Å². The molecular weight excluding hydrogens is 220 g/mol. The summed E-state index contributed by atoms with van der Waals surface area (Å²) in [6.45, 7) is 4.98. The quantitative estimate of drug-likeness (QED) is 0.757. The highest BCUT2D eigenvalue weighted by Crippen LogP contribution is 2.27. The number of likely N-dealkylation sites (tertiary alicyclic amines) is 1. The van der Waals surface area contributed by atoms with Crippen molar-refractivity contribution in [2.75, 3.05) is 27.2 Å². The second kappa shape index (κ2) is 6.91. The SMILES string of the molecule is C[C@H]1C[C@@H](N(C)CCC2CCCCC2)CCN1C. The molecule has 0 spiro atoms. The molecule has 0 aromatic heterocycles. The molecule has 2 aliphatic rings. The molecule has 1 aliphatic heterocycles. The highest BCUT2D eigenvalue weighted by molar-refractivity contribution is 4.82. The fourth-order valence-electron chi connectivity index (χ4n) is 3.71. The monoisotopic (exact) mass is 252 g/mol. The minimum absolute atomic E-state index is 0.765. The summed E-state index contributed by atoms with van der Waals surface area (Å²) in [6.07, 6.45) is 11.6. The van der Waals surface area contributed by atoms with Crippen LogP contribution in [0.5, 0.6) is 0 Å². The number of rotatable bonds is 4. The van der Waals surface area contributed by atoms with Crippen molar-refractivity contribution in [2.45, 2.75) is 70.4 Å². The Morgan fingerprint density at radius 1 is 1.11 bits per heavy atom. The van der Waals surface area contributed by atoms with Gasteiger partial charge in [-0.2, -0.15) is 0 Å². The molecule has 1 saturated heterocycles. The van der Waals surface area contributed by atoms with Gasteiger partial charge in [-0.1, -0.05) is 32.1 Å². The van der Waals surface area contributed by atoms with E-state index in [1.165, 1.54) is 64.5 Å². The molecule has 0 unspecified atom stereocenters. The molecule has 0 aromatic carbocycles. The Morgan fingerprint density at radius 2 is 1.83 bits per heavy atom. The summed E-state index contributed by atoms with van der Waals surface area (Å²) in [4.78, 5) is 5.16. The van der Waals surface area contributed by atoms with Gasteiger partial charge in [0.15, 0.2) is 0 Å². The van der Waals surface area contributed by atoms with Crippen LogP contribution in [0.3, 0.4) is 0 Å². The van der Waals surface area contributed by atoms with E-state index in [1.807, 2.05) is 0 Å². The van der Waals surface area contributed by atoms with Crippen molar-refractivity contribution in [3.63, 3.8) is 0 Å². The van der Waals surface area contributed by atoms with E-state index in [9.17, 15) is 0 Å². The Morgan fingerprint density at radius 3 is 2.50 bits per heavy atom. The molecule has 2 rings (SSSR count). The van der Waals surface area contributed by atoms with E-state index >= 15 is 0 Å². The van der Waals surface area contributed by atoms with Crippen LogP contribution in [0.25, 0.3) is 0 Å². The van der Waals surface area contributed by atoms with E-state index in [0.29, 0.717) is 0 Å². The van der Waals surface area contributed by atoms with Crippen molar-refractivity contribution in [3.05, 3.63) is 0 Å². The summed E-state index contributed by atoms with van der Waals surface area (Å²) in [6, 6.07) is 1.60.